The second kappa shape index (κ2) is 7.38. The summed E-state index contributed by atoms with van der Waals surface area (Å²) in [6.45, 7) is 3.53. The molecule has 0 aliphatic carbocycles. The predicted molar refractivity (Wildman–Crippen MR) is 110 cm³/mol. The van der Waals surface area contributed by atoms with Gasteiger partial charge in [-0.15, -0.1) is 0 Å². The molecule has 1 fully saturated rings. The Bertz CT molecular complexity index is 1150. The molecule has 0 bridgehead atoms. The van der Waals surface area contributed by atoms with Gasteiger partial charge in [0.1, 0.15) is 11.3 Å². The van der Waals surface area contributed by atoms with Gasteiger partial charge in [-0.2, -0.15) is 10.1 Å². The molecule has 0 saturated carbocycles. The summed E-state index contributed by atoms with van der Waals surface area (Å²) >= 11 is 0. The van der Waals surface area contributed by atoms with E-state index >= 15 is 0 Å². The van der Waals surface area contributed by atoms with E-state index in [1.165, 1.54) is 4.68 Å². The molecule has 3 aromatic heterocycles. The van der Waals surface area contributed by atoms with Crippen molar-refractivity contribution in [1.29, 1.82) is 0 Å². The number of benzene rings is 1. The van der Waals surface area contributed by atoms with Crippen LogP contribution in [0.3, 0.4) is 0 Å². The van der Waals surface area contributed by atoms with Crippen LogP contribution < -0.4 is 15.4 Å². The molecule has 1 aromatic carbocycles. The number of hydrogen-bond acceptors (Lipinski definition) is 7. The fraction of sp³-hybridized carbons (Fsp3) is 0.238. The van der Waals surface area contributed by atoms with Crippen molar-refractivity contribution < 1.29 is 4.42 Å². The monoisotopic (exact) mass is 388 g/mol. The Hall–Kier alpha value is -3.68. The highest BCUT2D eigenvalue weighted by Gasteiger charge is 2.22. The molecule has 0 unspecified atom stereocenters. The van der Waals surface area contributed by atoms with E-state index in [0.29, 0.717) is 12.6 Å². The minimum absolute atomic E-state index is 0.115. The smallest absolute Gasteiger partial charge is 0.298 e. The van der Waals surface area contributed by atoms with Gasteiger partial charge in [0.05, 0.1) is 6.54 Å². The van der Waals surface area contributed by atoms with Crippen LogP contribution in [0.15, 0.2) is 70.1 Å². The molecule has 5 rings (SSSR count). The summed E-state index contributed by atoms with van der Waals surface area (Å²) < 4.78 is 7.38. The summed E-state index contributed by atoms with van der Waals surface area (Å²) in [6.07, 6.45) is 3.44. The number of para-hydroxylation sites is 2. The summed E-state index contributed by atoms with van der Waals surface area (Å²) in [7, 11) is 0. The van der Waals surface area contributed by atoms with Crippen molar-refractivity contribution >= 4 is 22.9 Å². The highest BCUT2D eigenvalue weighted by Crippen LogP contribution is 2.23. The Balaban J connectivity index is 1.30. The molecule has 4 aromatic rings. The number of anilines is 2. The largest absolute Gasteiger partial charge is 0.423 e. The third-order valence-corrected chi connectivity index (χ3v) is 5.09. The number of piperazine rings is 1. The fourth-order valence-electron chi connectivity index (χ4n) is 3.50. The third-order valence-electron chi connectivity index (χ3n) is 5.09. The maximum absolute atomic E-state index is 12.2. The molecule has 4 heterocycles. The van der Waals surface area contributed by atoms with E-state index in [-0.39, 0.29) is 5.56 Å². The minimum Gasteiger partial charge on any atom is -0.423 e. The van der Waals surface area contributed by atoms with Gasteiger partial charge in [0.25, 0.3) is 11.6 Å². The third kappa shape index (κ3) is 3.56. The molecule has 29 heavy (non-hydrogen) atoms. The van der Waals surface area contributed by atoms with Crippen LogP contribution in [0.25, 0.3) is 11.1 Å². The van der Waals surface area contributed by atoms with E-state index in [2.05, 4.69) is 24.9 Å². The predicted octanol–water partition coefficient (Wildman–Crippen LogP) is 2.15. The van der Waals surface area contributed by atoms with Crippen LogP contribution in [0.5, 0.6) is 0 Å². The second-order valence-corrected chi connectivity index (χ2v) is 6.98. The summed E-state index contributed by atoms with van der Waals surface area (Å²) in [5.41, 5.74) is 2.55. The van der Waals surface area contributed by atoms with Crippen LogP contribution in [0.1, 0.15) is 5.56 Å². The number of fused-ring (bicyclic) bond motifs is 1. The lowest BCUT2D eigenvalue weighted by atomic mass is 10.3. The van der Waals surface area contributed by atoms with Crippen LogP contribution in [0.2, 0.25) is 0 Å². The SMILES string of the molecule is O=c1ccc(N2CCN(c3nc4ccccc4o3)CC2)nn1Cc1ccncc1. The molecule has 146 valence electrons. The first kappa shape index (κ1) is 17.4. The molecule has 0 N–H and O–H groups in total. The van der Waals surface area contributed by atoms with E-state index in [4.69, 9.17) is 4.42 Å². The lowest BCUT2D eigenvalue weighted by molar-refractivity contribution is 0.536. The zero-order valence-corrected chi connectivity index (χ0v) is 15.8. The Morgan fingerprint density at radius 2 is 1.66 bits per heavy atom. The van der Waals surface area contributed by atoms with E-state index in [1.54, 1.807) is 24.5 Å². The highest BCUT2D eigenvalue weighted by molar-refractivity contribution is 5.74. The van der Waals surface area contributed by atoms with Crippen LogP contribution in [0.4, 0.5) is 11.8 Å². The molecule has 1 saturated heterocycles. The Morgan fingerprint density at radius 3 is 2.45 bits per heavy atom. The van der Waals surface area contributed by atoms with Gasteiger partial charge in [-0.3, -0.25) is 9.78 Å². The van der Waals surface area contributed by atoms with Crippen molar-refractivity contribution in [3.63, 3.8) is 0 Å². The Labute approximate surface area is 167 Å². The standard InChI is InChI=1S/C21H20N6O2/c28-20-6-5-19(24-27(20)15-16-7-9-22-10-8-16)25-11-13-26(14-12-25)21-23-17-3-1-2-4-18(17)29-21/h1-10H,11-15H2. The summed E-state index contributed by atoms with van der Waals surface area (Å²) in [5.74, 6) is 0.802. The van der Waals surface area contributed by atoms with Crippen molar-refractivity contribution in [2.75, 3.05) is 36.0 Å². The maximum Gasteiger partial charge on any atom is 0.298 e. The average molecular weight is 388 g/mol. The Kier molecular flexibility index (Phi) is 4.44. The lowest BCUT2D eigenvalue weighted by Gasteiger charge is -2.34. The summed E-state index contributed by atoms with van der Waals surface area (Å²) in [6, 6.07) is 15.6. The van der Waals surface area contributed by atoms with E-state index in [1.807, 2.05) is 36.4 Å². The maximum atomic E-state index is 12.2. The quantitative estimate of drug-likeness (QED) is 0.530. The summed E-state index contributed by atoms with van der Waals surface area (Å²) in [4.78, 5) is 25.1. The van der Waals surface area contributed by atoms with Crippen molar-refractivity contribution in [3.8, 4) is 0 Å². The first-order valence-electron chi connectivity index (χ1n) is 9.59. The number of oxazole rings is 1. The average Bonchev–Trinajstić information content (AvgIpc) is 3.21. The number of rotatable bonds is 4. The molecule has 0 atom stereocenters. The van der Waals surface area contributed by atoms with Gasteiger partial charge in [0.15, 0.2) is 5.58 Å². The first-order chi connectivity index (χ1) is 14.3. The van der Waals surface area contributed by atoms with E-state index < -0.39 is 0 Å². The van der Waals surface area contributed by atoms with Gasteiger partial charge in [0.2, 0.25) is 0 Å². The van der Waals surface area contributed by atoms with Crippen LogP contribution in [-0.4, -0.2) is 45.9 Å². The molecule has 8 heteroatoms. The molecule has 0 amide bonds. The lowest BCUT2D eigenvalue weighted by Crippen LogP contribution is -2.47. The van der Waals surface area contributed by atoms with Gasteiger partial charge in [-0.1, -0.05) is 12.1 Å². The van der Waals surface area contributed by atoms with Crippen molar-refractivity contribution in [2.24, 2.45) is 0 Å². The van der Waals surface area contributed by atoms with Crippen molar-refractivity contribution in [2.45, 2.75) is 6.54 Å². The molecule has 0 spiro atoms. The first-order valence-corrected chi connectivity index (χ1v) is 9.59. The number of aromatic nitrogens is 4. The van der Waals surface area contributed by atoms with Crippen LogP contribution in [-0.2, 0) is 6.54 Å². The molecular weight excluding hydrogens is 368 g/mol. The number of hydrogen-bond donors (Lipinski definition) is 0. The molecular formula is C21H20N6O2. The van der Waals surface area contributed by atoms with Gasteiger partial charge in [-0.25, -0.2) is 4.68 Å². The van der Waals surface area contributed by atoms with Crippen molar-refractivity contribution in [3.05, 3.63) is 76.8 Å². The molecule has 8 nitrogen and oxygen atoms in total. The Morgan fingerprint density at radius 1 is 0.897 bits per heavy atom. The normalized spacial score (nSPS) is 14.5. The number of nitrogens with zero attached hydrogens (tertiary/aromatic N) is 6. The minimum atomic E-state index is -0.115. The highest BCUT2D eigenvalue weighted by atomic mass is 16.4. The topological polar surface area (TPSA) is 80.3 Å². The van der Waals surface area contributed by atoms with Crippen molar-refractivity contribution in [1.82, 2.24) is 19.7 Å². The number of pyridine rings is 1. The van der Waals surface area contributed by atoms with Gasteiger partial charge < -0.3 is 14.2 Å². The van der Waals surface area contributed by atoms with Gasteiger partial charge >= 0.3 is 0 Å². The van der Waals surface area contributed by atoms with Crippen LogP contribution >= 0.6 is 0 Å². The van der Waals surface area contributed by atoms with Gasteiger partial charge in [-0.05, 0) is 35.9 Å². The van der Waals surface area contributed by atoms with Crippen LogP contribution in [0, 0.1) is 0 Å². The fourth-order valence-corrected chi connectivity index (χ4v) is 3.50. The molecule has 0 radical (unpaired) electrons. The van der Waals surface area contributed by atoms with Gasteiger partial charge in [0, 0.05) is 44.6 Å². The zero-order valence-electron chi connectivity index (χ0n) is 15.8. The molecule has 1 aliphatic heterocycles. The zero-order chi connectivity index (χ0) is 19.6. The van der Waals surface area contributed by atoms with E-state index in [0.717, 1.165) is 48.7 Å². The van der Waals surface area contributed by atoms with E-state index in [9.17, 15) is 4.79 Å². The molecule has 1 aliphatic rings. The second-order valence-electron chi connectivity index (χ2n) is 6.98. The summed E-state index contributed by atoms with van der Waals surface area (Å²) in [5, 5.41) is 4.58.